The lowest BCUT2D eigenvalue weighted by atomic mass is 9.48. The zero-order valence-electron chi connectivity index (χ0n) is 19.4. The first-order valence-corrected chi connectivity index (χ1v) is 12.3. The number of ketones is 2. The summed E-state index contributed by atoms with van der Waals surface area (Å²) in [5.41, 5.74) is -0.151. The van der Waals surface area contributed by atoms with Crippen LogP contribution in [0.3, 0.4) is 0 Å². The highest BCUT2D eigenvalue weighted by Crippen LogP contribution is 2.67. The fraction of sp³-hybridized carbons (Fsp3) is 0.808. The molecule has 172 valence electrons. The number of allylic oxidation sites excluding steroid dienone is 2. The van der Waals surface area contributed by atoms with Crippen LogP contribution in [0.15, 0.2) is 11.6 Å². The molecule has 0 aromatic heterocycles. The lowest BCUT2D eigenvalue weighted by Crippen LogP contribution is -2.58. The number of hydrogen-bond donors (Lipinski definition) is 1. The molecule has 0 spiro atoms. The van der Waals surface area contributed by atoms with Gasteiger partial charge in [-0.2, -0.15) is 0 Å². The number of unbranched alkanes of at least 4 members (excludes halogenated alkanes) is 1. The Hall–Kier alpha value is -1.49. The van der Waals surface area contributed by atoms with E-state index in [1.807, 2.05) is 6.92 Å². The average Bonchev–Trinajstić information content (AvgIpc) is 3.05. The number of rotatable bonds is 6. The van der Waals surface area contributed by atoms with Crippen molar-refractivity contribution in [2.75, 3.05) is 6.61 Å². The second-order valence-corrected chi connectivity index (χ2v) is 11.0. The normalized spacial score (nSPS) is 41.6. The molecule has 5 nitrogen and oxygen atoms in total. The lowest BCUT2D eigenvalue weighted by Gasteiger charge is -2.56. The Morgan fingerprint density at radius 3 is 2.68 bits per heavy atom. The predicted molar refractivity (Wildman–Crippen MR) is 117 cm³/mol. The van der Waals surface area contributed by atoms with E-state index in [1.165, 1.54) is 5.57 Å². The van der Waals surface area contributed by atoms with Crippen LogP contribution in [0.4, 0.5) is 0 Å². The summed E-state index contributed by atoms with van der Waals surface area (Å²) in [4.78, 5) is 37.9. The Balaban J connectivity index is 1.68. The van der Waals surface area contributed by atoms with Gasteiger partial charge in [-0.3, -0.25) is 14.4 Å². The molecule has 0 radical (unpaired) electrons. The van der Waals surface area contributed by atoms with Crippen LogP contribution in [0.5, 0.6) is 0 Å². The van der Waals surface area contributed by atoms with Crippen molar-refractivity contribution in [1.82, 2.24) is 0 Å². The number of carbonyl (C=O) groups is 3. The van der Waals surface area contributed by atoms with Crippen LogP contribution in [0.1, 0.15) is 91.4 Å². The number of esters is 1. The molecule has 0 aromatic rings. The van der Waals surface area contributed by atoms with E-state index < -0.39 is 17.6 Å². The zero-order chi connectivity index (χ0) is 22.4. The Bertz CT molecular complexity index is 800. The molecule has 0 heterocycles. The molecule has 0 amide bonds. The Labute approximate surface area is 186 Å². The van der Waals surface area contributed by atoms with Crippen molar-refractivity contribution in [3.05, 3.63) is 11.6 Å². The Morgan fingerprint density at radius 1 is 1.19 bits per heavy atom. The van der Waals surface area contributed by atoms with Crippen LogP contribution >= 0.6 is 0 Å². The Kier molecular flexibility index (Phi) is 5.95. The second kappa shape index (κ2) is 8.13. The van der Waals surface area contributed by atoms with Crippen molar-refractivity contribution >= 4 is 17.5 Å². The number of carbonyl (C=O) groups excluding carboxylic acids is 3. The van der Waals surface area contributed by atoms with Crippen LogP contribution in [0.2, 0.25) is 0 Å². The summed E-state index contributed by atoms with van der Waals surface area (Å²) in [6, 6.07) is 0. The third-order valence-electron chi connectivity index (χ3n) is 9.58. The standard InChI is InChI=1S/C26H38O5/c1-4-5-6-23(30)31-26(22(29)16-27)14-11-21-19-8-7-17-15-18(28)9-12-24(17,2)20(19)10-13-25(21,26)3/h10,17,19,21,27H,4-9,11-16H2,1-3H3/t17-,19+,21-,24-,25-,26-/m0/s1. The smallest absolute Gasteiger partial charge is 0.306 e. The molecular formula is C26H38O5. The van der Waals surface area contributed by atoms with Gasteiger partial charge >= 0.3 is 5.97 Å². The largest absolute Gasteiger partial charge is 0.450 e. The highest BCUT2D eigenvalue weighted by Gasteiger charge is 2.67. The monoisotopic (exact) mass is 430 g/mol. The number of aliphatic hydroxyl groups is 1. The first kappa shape index (κ1) is 22.7. The molecule has 1 N–H and O–H groups in total. The molecule has 4 aliphatic carbocycles. The molecule has 31 heavy (non-hydrogen) atoms. The van der Waals surface area contributed by atoms with E-state index in [4.69, 9.17) is 4.74 Å². The Morgan fingerprint density at radius 2 is 1.97 bits per heavy atom. The van der Waals surface area contributed by atoms with Gasteiger partial charge in [0, 0.05) is 24.7 Å². The quantitative estimate of drug-likeness (QED) is 0.494. The molecule has 3 fully saturated rings. The minimum atomic E-state index is -1.22. The molecule has 0 saturated heterocycles. The van der Waals surface area contributed by atoms with Gasteiger partial charge in [-0.15, -0.1) is 0 Å². The maximum atomic E-state index is 13.1. The van der Waals surface area contributed by atoms with Gasteiger partial charge in [0.15, 0.2) is 5.60 Å². The summed E-state index contributed by atoms with van der Waals surface area (Å²) in [6.07, 6.45) is 10.7. The lowest BCUT2D eigenvalue weighted by molar-refractivity contribution is -0.185. The van der Waals surface area contributed by atoms with Crippen LogP contribution < -0.4 is 0 Å². The van der Waals surface area contributed by atoms with Crippen molar-refractivity contribution in [3.63, 3.8) is 0 Å². The van der Waals surface area contributed by atoms with E-state index in [0.29, 0.717) is 49.7 Å². The van der Waals surface area contributed by atoms with Gasteiger partial charge in [0.2, 0.25) is 5.78 Å². The van der Waals surface area contributed by atoms with Crippen molar-refractivity contribution in [3.8, 4) is 0 Å². The van der Waals surface area contributed by atoms with Crippen molar-refractivity contribution in [2.24, 2.45) is 28.6 Å². The van der Waals surface area contributed by atoms with E-state index in [0.717, 1.165) is 38.5 Å². The van der Waals surface area contributed by atoms with Crippen LogP contribution in [-0.2, 0) is 19.1 Å². The highest BCUT2D eigenvalue weighted by atomic mass is 16.6. The minimum absolute atomic E-state index is 0.0716. The third-order valence-corrected chi connectivity index (χ3v) is 9.58. The average molecular weight is 431 g/mol. The summed E-state index contributed by atoms with van der Waals surface area (Å²) in [6.45, 7) is 5.89. The number of hydrogen-bond acceptors (Lipinski definition) is 5. The molecule has 0 aliphatic heterocycles. The molecule has 4 aliphatic rings. The van der Waals surface area contributed by atoms with Crippen LogP contribution in [-0.4, -0.2) is 34.9 Å². The molecule has 0 aromatic carbocycles. The van der Waals surface area contributed by atoms with Crippen LogP contribution in [0, 0.1) is 28.6 Å². The van der Waals surface area contributed by atoms with Gasteiger partial charge in [0.05, 0.1) is 0 Å². The zero-order valence-corrected chi connectivity index (χ0v) is 19.4. The highest BCUT2D eigenvalue weighted by molar-refractivity contribution is 5.92. The SMILES string of the molecule is CCCCC(=O)O[C@]1(C(=O)CO)CC[C@H]2[C@@H]3CC[C@H]4CC(=O)CC[C@]4(C)C3=CC[C@@]21C. The van der Waals surface area contributed by atoms with Gasteiger partial charge in [-0.1, -0.05) is 38.8 Å². The minimum Gasteiger partial charge on any atom is -0.450 e. The van der Waals surface area contributed by atoms with E-state index in [-0.39, 0.29) is 23.1 Å². The number of Topliss-reactive ketones (excluding diaryl/α,β-unsaturated/α-hetero) is 2. The summed E-state index contributed by atoms with van der Waals surface area (Å²) in [5, 5.41) is 9.82. The number of fused-ring (bicyclic) bond motifs is 5. The molecule has 6 atom stereocenters. The molecule has 5 heteroatoms. The van der Waals surface area contributed by atoms with Crippen LogP contribution in [0.25, 0.3) is 0 Å². The van der Waals surface area contributed by atoms with Crippen molar-refractivity contribution in [1.29, 1.82) is 0 Å². The fourth-order valence-electron chi connectivity index (χ4n) is 7.69. The number of aliphatic hydroxyl groups excluding tert-OH is 1. The molecule has 0 bridgehead atoms. The number of ether oxygens (including phenoxy) is 1. The molecule has 0 unspecified atom stereocenters. The first-order valence-electron chi connectivity index (χ1n) is 12.3. The van der Waals surface area contributed by atoms with Gasteiger partial charge in [-0.05, 0) is 68.1 Å². The summed E-state index contributed by atoms with van der Waals surface area (Å²) >= 11 is 0. The first-order chi connectivity index (χ1) is 14.7. The van der Waals surface area contributed by atoms with Gasteiger partial charge in [0.1, 0.15) is 12.4 Å². The summed E-state index contributed by atoms with van der Waals surface area (Å²) in [5.74, 6) is 0.796. The molecular weight excluding hydrogens is 392 g/mol. The van der Waals surface area contributed by atoms with Crippen molar-refractivity contribution < 1.29 is 24.2 Å². The second-order valence-electron chi connectivity index (χ2n) is 11.0. The molecule has 3 saturated carbocycles. The predicted octanol–water partition coefficient (Wildman–Crippen LogP) is 4.55. The van der Waals surface area contributed by atoms with Crippen molar-refractivity contribution in [2.45, 2.75) is 97.0 Å². The third kappa shape index (κ3) is 3.34. The van der Waals surface area contributed by atoms with E-state index >= 15 is 0 Å². The topological polar surface area (TPSA) is 80.7 Å². The fourth-order valence-corrected chi connectivity index (χ4v) is 7.69. The van der Waals surface area contributed by atoms with Gasteiger partial charge < -0.3 is 9.84 Å². The maximum absolute atomic E-state index is 13.1. The molecule has 4 rings (SSSR count). The van der Waals surface area contributed by atoms with Gasteiger partial charge in [0.25, 0.3) is 0 Å². The van der Waals surface area contributed by atoms with Gasteiger partial charge in [-0.25, -0.2) is 0 Å². The van der Waals surface area contributed by atoms with E-state index in [2.05, 4.69) is 19.9 Å². The summed E-state index contributed by atoms with van der Waals surface area (Å²) < 4.78 is 6.03. The van der Waals surface area contributed by atoms with E-state index in [9.17, 15) is 19.5 Å². The summed E-state index contributed by atoms with van der Waals surface area (Å²) in [7, 11) is 0. The maximum Gasteiger partial charge on any atom is 0.306 e. The van der Waals surface area contributed by atoms with E-state index in [1.54, 1.807) is 0 Å².